The highest BCUT2D eigenvalue weighted by atomic mass is 79.9. The quantitative estimate of drug-likeness (QED) is 0.794. The monoisotopic (exact) mass is 356 g/mol. The summed E-state index contributed by atoms with van der Waals surface area (Å²) in [5.74, 6) is -1.69. The van der Waals surface area contributed by atoms with Gasteiger partial charge in [-0.3, -0.25) is 9.69 Å². The van der Waals surface area contributed by atoms with Crippen molar-refractivity contribution >= 4 is 33.8 Å². The molecular formula is C13H13BrN2O5. The molecule has 1 fully saturated rings. The van der Waals surface area contributed by atoms with Crippen LogP contribution in [-0.4, -0.2) is 47.1 Å². The van der Waals surface area contributed by atoms with Crippen molar-refractivity contribution in [1.82, 2.24) is 10.2 Å². The van der Waals surface area contributed by atoms with Crippen molar-refractivity contribution in [2.75, 3.05) is 13.1 Å². The summed E-state index contributed by atoms with van der Waals surface area (Å²) in [6, 6.07) is 3.78. The third-order valence-corrected chi connectivity index (χ3v) is 3.43. The molecule has 0 radical (unpaired) electrons. The van der Waals surface area contributed by atoms with Crippen molar-refractivity contribution in [2.24, 2.45) is 0 Å². The Labute approximate surface area is 129 Å². The number of rotatable bonds is 3. The average molecular weight is 357 g/mol. The summed E-state index contributed by atoms with van der Waals surface area (Å²) in [7, 11) is 0. The lowest BCUT2D eigenvalue weighted by Gasteiger charge is -2.18. The summed E-state index contributed by atoms with van der Waals surface area (Å²) in [5, 5.41) is 12.1. The van der Waals surface area contributed by atoms with Crippen LogP contribution in [0.15, 0.2) is 22.7 Å². The van der Waals surface area contributed by atoms with Crippen LogP contribution in [0.4, 0.5) is 4.79 Å². The van der Waals surface area contributed by atoms with Crippen LogP contribution in [0, 0.1) is 0 Å². The number of carbonyl (C=O) groups is 3. The highest BCUT2D eigenvalue weighted by Gasteiger charge is 2.32. The molecule has 0 saturated carbocycles. The molecule has 1 atom stereocenters. The Bertz CT molecular complexity index is 604. The number of nitrogens with zero attached hydrogens (tertiary/aromatic N) is 1. The van der Waals surface area contributed by atoms with Gasteiger partial charge in [-0.05, 0) is 25.1 Å². The number of esters is 1. The molecule has 0 aliphatic carbocycles. The fourth-order valence-corrected chi connectivity index (χ4v) is 2.21. The summed E-state index contributed by atoms with van der Waals surface area (Å²) in [5.41, 5.74) is -0.0603. The van der Waals surface area contributed by atoms with Crippen molar-refractivity contribution in [1.29, 1.82) is 0 Å². The molecule has 112 valence electrons. The molecule has 3 amide bonds. The number of hydrogen-bond acceptors (Lipinski definition) is 5. The number of phenolic OH excluding ortho intramolecular Hbond substituents is 1. The van der Waals surface area contributed by atoms with Crippen molar-refractivity contribution in [3.8, 4) is 5.75 Å². The highest BCUT2D eigenvalue weighted by Crippen LogP contribution is 2.23. The Kier molecular flexibility index (Phi) is 4.46. The van der Waals surface area contributed by atoms with Crippen LogP contribution in [-0.2, 0) is 9.53 Å². The molecule has 1 unspecified atom stereocenters. The van der Waals surface area contributed by atoms with E-state index in [1.807, 2.05) is 0 Å². The molecular weight excluding hydrogens is 344 g/mol. The van der Waals surface area contributed by atoms with Crippen molar-refractivity contribution < 1.29 is 24.2 Å². The second-order valence-corrected chi connectivity index (χ2v) is 5.35. The normalized spacial score (nSPS) is 15.5. The molecule has 1 aliphatic heterocycles. The molecule has 0 aromatic heterocycles. The number of nitrogens with one attached hydrogen (secondary N) is 1. The molecule has 1 aromatic carbocycles. The van der Waals surface area contributed by atoms with E-state index in [4.69, 9.17) is 4.74 Å². The fraction of sp³-hybridized carbons (Fsp3) is 0.308. The van der Waals surface area contributed by atoms with E-state index < -0.39 is 24.0 Å². The topological polar surface area (TPSA) is 95.9 Å². The van der Waals surface area contributed by atoms with Gasteiger partial charge in [0.2, 0.25) is 0 Å². The van der Waals surface area contributed by atoms with Crippen molar-refractivity contribution in [3.63, 3.8) is 0 Å². The van der Waals surface area contributed by atoms with Gasteiger partial charge in [0.1, 0.15) is 11.3 Å². The van der Waals surface area contributed by atoms with Crippen LogP contribution < -0.4 is 5.32 Å². The maximum atomic E-state index is 12.0. The minimum atomic E-state index is -1.13. The highest BCUT2D eigenvalue weighted by molar-refractivity contribution is 9.10. The number of halogens is 1. The molecule has 8 heteroatoms. The van der Waals surface area contributed by atoms with E-state index in [9.17, 15) is 19.5 Å². The van der Waals surface area contributed by atoms with Gasteiger partial charge < -0.3 is 15.2 Å². The number of imide groups is 1. The largest absolute Gasteiger partial charge is 0.507 e. The molecule has 1 heterocycles. The van der Waals surface area contributed by atoms with Gasteiger partial charge in [0.05, 0.1) is 0 Å². The first kappa shape index (κ1) is 15.3. The lowest BCUT2D eigenvalue weighted by Crippen LogP contribution is -2.41. The van der Waals surface area contributed by atoms with Gasteiger partial charge in [-0.1, -0.05) is 15.9 Å². The summed E-state index contributed by atoms with van der Waals surface area (Å²) in [6.45, 7) is 1.99. The molecule has 0 spiro atoms. The minimum Gasteiger partial charge on any atom is -0.507 e. The molecule has 1 saturated heterocycles. The summed E-state index contributed by atoms with van der Waals surface area (Å²) < 4.78 is 5.59. The van der Waals surface area contributed by atoms with Crippen LogP contribution in [0.1, 0.15) is 17.3 Å². The molecule has 1 aliphatic rings. The first-order valence-corrected chi connectivity index (χ1v) is 6.98. The van der Waals surface area contributed by atoms with Gasteiger partial charge in [-0.25, -0.2) is 9.59 Å². The van der Waals surface area contributed by atoms with Gasteiger partial charge in [0, 0.05) is 17.6 Å². The predicted molar refractivity (Wildman–Crippen MR) is 75.8 cm³/mol. The van der Waals surface area contributed by atoms with E-state index in [-0.39, 0.29) is 17.9 Å². The lowest BCUT2D eigenvalue weighted by molar-refractivity contribution is -0.136. The summed E-state index contributed by atoms with van der Waals surface area (Å²) in [6.07, 6.45) is -1.13. The maximum Gasteiger partial charge on any atom is 0.342 e. The zero-order valence-electron chi connectivity index (χ0n) is 11.1. The first-order valence-electron chi connectivity index (χ1n) is 6.19. The molecule has 21 heavy (non-hydrogen) atoms. The fourth-order valence-electron chi connectivity index (χ4n) is 1.85. The van der Waals surface area contributed by atoms with E-state index in [1.165, 1.54) is 19.1 Å². The zero-order chi connectivity index (χ0) is 15.6. The number of ether oxygens (including phenoxy) is 1. The van der Waals surface area contributed by atoms with E-state index in [2.05, 4.69) is 21.2 Å². The van der Waals surface area contributed by atoms with Gasteiger partial charge >= 0.3 is 12.0 Å². The summed E-state index contributed by atoms with van der Waals surface area (Å²) in [4.78, 5) is 36.3. The van der Waals surface area contributed by atoms with E-state index in [0.29, 0.717) is 11.0 Å². The maximum absolute atomic E-state index is 12.0. The zero-order valence-corrected chi connectivity index (χ0v) is 12.7. The Hall–Kier alpha value is -2.09. The van der Waals surface area contributed by atoms with Crippen molar-refractivity contribution in [3.05, 3.63) is 28.2 Å². The lowest BCUT2D eigenvalue weighted by atomic mass is 10.2. The molecule has 2 N–H and O–H groups in total. The number of hydrogen-bond donors (Lipinski definition) is 2. The van der Waals surface area contributed by atoms with Gasteiger partial charge in [0.15, 0.2) is 6.10 Å². The number of amides is 3. The summed E-state index contributed by atoms with van der Waals surface area (Å²) >= 11 is 3.17. The van der Waals surface area contributed by atoms with E-state index >= 15 is 0 Å². The van der Waals surface area contributed by atoms with Crippen LogP contribution in [0.2, 0.25) is 0 Å². The van der Waals surface area contributed by atoms with Gasteiger partial charge in [-0.2, -0.15) is 0 Å². The number of carbonyl (C=O) groups excluding carboxylic acids is 3. The number of benzene rings is 1. The van der Waals surface area contributed by atoms with Gasteiger partial charge in [0.25, 0.3) is 5.91 Å². The Balaban J connectivity index is 2.06. The Morgan fingerprint density at radius 2 is 2.19 bits per heavy atom. The van der Waals surface area contributed by atoms with Gasteiger partial charge in [-0.15, -0.1) is 0 Å². The Morgan fingerprint density at radius 3 is 2.81 bits per heavy atom. The second kappa shape index (κ2) is 6.13. The molecule has 0 bridgehead atoms. The Morgan fingerprint density at radius 1 is 1.48 bits per heavy atom. The molecule has 1 aromatic rings. The van der Waals surface area contributed by atoms with Crippen LogP contribution in [0.3, 0.4) is 0 Å². The van der Waals surface area contributed by atoms with E-state index in [0.717, 1.165) is 4.90 Å². The number of urea groups is 1. The molecule has 2 rings (SSSR count). The minimum absolute atomic E-state index is 0.0603. The van der Waals surface area contributed by atoms with Crippen LogP contribution in [0.5, 0.6) is 5.75 Å². The van der Waals surface area contributed by atoms with Crippen LogP contribution in [0.25, 0.3) is 0 Å². The average Bonchev–Trinajstić information content (AvgIpc) is 2.86. The number of aromatic hydroxyl groups is 1. The second-order valence-electron chi connectivity index (χ2n) is 4.43. The standard InChI is InChI=1S/C13H13BrN2O5/c1-7(11(18)16-5-4-15-13(16)20)21-12(19)9-6-8(14)2-3-10(9)17/h2-3,6-7,17H,4-5H2,1H3,(H,15,20). The smallest absolute Gasteiger partial charge is 0.342 e. The third-order valence-electron chi connectivity index (χ3n) is 2.93. The molecule has 7 nitrogen and oxygen atoms in total. The predicted octanol–water partition coefficient (Wildman–Crippen LogP) is 1.25. The SMILES string of the molecule is CC(OC(=O)c1cc(Br)ccc1O)C(=O)N1CCNC1=O. The van der Waals surface area contributed by atoms with Crippen molar-refractivity contribution in [2.45, 2.75) is 13.0 Å². The van der Waals surface area contributed by atoms with E-state index in [1.54, 1.807) is 6.07 Å². The first-order chi connectivity index (χ1) is 9.90. The number of phenols is 1. The third kappa shape index (κ3) is 3.33. The van der Waals surface area contributed by atoms with Crippen LogP contribution >= 0.6 is 15.9 Å².